The number of fused-ring (bicyclic) bond motifs is 1. The SMILES string of the molecule is C[C@H](c1ccc(-n2cncn2)cc1)c1cc(-c2cccc(S(C)(=O)=O)c2)nc2c(NCC(F)(F)F)nc(N)nc12. The Hall–Kier alpha value is -4.59. The van der Waals surface area contributed by atoms with Gasteiger partial charge in [0.2, 0.25) is 5.95 Å². The molecule has 0 saturated carbocycles. The van der Waals surface area contributed by atoms with Crippen LogP contribution in [-0.2, 0) is 9.84 Å². The van der Waals surface area contributed by atoms with Crippen molar-refractivity contribution in [2.24, 2.45) is 0 Å². The summed E-state index contributed by atoms with van der Waals surface area (Å²) in [6, 6.07) is 15.4. The summed E-state index contributed by atoms with van der Waals surface area (Å²) in [6.07, 6.45) is -0.434. The Labute approximate surface area is 227 Å². The highest BCUT2D eigenvalue weighted by Crippen LogP contribution is 2.35. The Bertz CT molecular complexity index is 1790. The number of nitrogens with zero attached hydrogens (tertiary/aromatic N) is 6. The van der Waals surface area contributed by atoms with Gasteiger partial charge in [-0.1, -0.05) is 31.2 Å². The molecule has 5 aromatic rings. The van der Waals surface area contributed by atoms with Gasteiger partial charge in [-0.15, -0.1) is 0 Å². The van der Waals surface area contributed by atoms with Gasteiger partial charge in [0, 0.05) is 17.7 Å². The lowest BCUT2D eigenvalue weighted by Gasteiger charge is -2.19. The second-order valence-corrected chi connectivity index (χ2v) is 11.2. The van der Waals surface area contributed by atoms with Crippen LogP contribution in [0.25, 0.3) is 28.0 Å². The molecule has 0 saturated heterocycles. The van der Waals surface area contributed by atoms with Crippen molar-refractivity contribution in [2.75, 3.05) is 23.9 Å². The first-order valence-corrected chi connectivity index (χ1v) is 13.8. The van der Waals surface area contributed by atoms with Gasteiger partial charge >= 0.3 is 6.18 Å². The largest absolute Gasteiger partial charge is 0.405 e. The van der Waals surface area contributed by atoms with E-state index in [9.17, 15) is 21.6 Å². The number of aromatic nitrogens is 6. The van der Waals surface area contributed by atoms with Gasteiger partial charge in [-0.05, 0) is 41.5 Å². The molecule has 3 heterocycles. The molecule has 14 heteroatoms. The Kier molecular flexibility index (Phi) is 6.87. The zero-order valence-electron chi connectivity index (χ0n) is 21.3. The van der Waals surface area contributed by atoms with Crippen LogP contribution in [0.1, 0.15) is 24.0 Å². The minimum Gasteiger partial charge on any atom is -0.368 e. The predicted octanol–water partition coefficient (Wildman–Crippen LogP) is 4.38. The van der Waals surface area contributed by atoms with E-state index in [2.05, 4.69) is 30.4 Å². The molecular weight excluding hydrogens is 545 g/mol. The lowest BCUT2D eigenvalue weighted by atomic mass is 9.91. The van der Waals surface area contributed by atoms with E-state index in [0.29, 0.717) is 16.8 Å². The molecule has 206 valence electrons. The van der Waals surface area contributed by atoms with Gasteiger partial charge in [0.25, 0.3) is 0 Å². The molecule has 3 N–H and O–H groups in total. The number of alkyl halides is 3. The summed E-state index contributed by atoms with van der Waals surface area (Å²) in [5.74, 6) is -0.728. The normalized spacial score (nSPS) is 12.9. The fourth-order valence-corrected chi connectivity index (χ4v) is 4.92. The minimum absolute atomic E-state index is 0.0711. The van der Waals surface area contributed by atoms with Gasteiger partial charge in [0.15, 0.2) is 15.7 Å². The maximum Gasteiger partial charge on any atom is 0.405 e. The Morgan fingerprint density at radius 2 is 1.77 bits per heavy atom. The van der Waals surface area contributed by atoms with Gasteiger partial charge in [-0.3, -0.25) is 0 Å². The number of rotatable bonds is 7. The van der Waals surface area contributed by atoms with E-state index in [1.165, 1.54) is 18.5 Å². The standard InChI is InChI=1S/C26H23F3N8O2S/c1-15(16-6-8-18(9-7-16)37-14-31-13-33-37)20-11-21(17-4-3-5-19(10-17)40(2,38)39)34-23-22(20)35-25(30)36-24(23)32-12-26(27,28)29/h3-11,13-15H,12H2,1-2H3,(H3,30,32,35,36)/t15-/m1/s1. The molecule has 1 atom stereocenters. The number of anilines is 2. The van der Waals surface area contributed by atoms with Crippen molar-refractivity contribution in [3.63, 3.8) is 0 Å². The number of nitrogens with two attached hydrogens (primary N) is 1. The average molecular weight is 569 g/mol. The molecule has 5 rings (SSSR count). The molecule has 0 amide bonds. The second-order valence-electron chi connectivity index (χ2n) is 9.15. The summed E-state index contributed by atoms with van der Waals surface area (Å²) in [7, 11) is -3.52. The number of pyridine rings is 1. The Balaban J connectivity index is 1.69. The number of sulfone groups is 1. The number of halogens is 3. The molecule has 2 aromatic carbocycles. The summed E-state index contributed by atoms with van der Waals surface area (Å²) in [5, 5.41) is 6.40. The zero-order chi connectivity index (χ0) is 28.7. The summed E-state index contributed by atoms with van der Waals surface area (Å²) in [4.78, 5) is 16.9. The molecule has 0 spiro atoms. The van der Waals surface area contributed by atoms with E-state index in [1.807, 2.05) is 31.2 Å². The number of hydrogen-bond acceptors (Lipinski definition) is 9. The molecule has 0 aliphatic carbocycles. The molecule has 10 nitrogen and oxygen atoms in total. The van der Waals surface area contributed by atoms with Crippen molar-refractivity contribution in [3.8, 4) is 16.9 Å². The van der Waals surface area contributed by atoms with Crippen LogP contribution >= 0.6 is 0 Å². The maximum atomic E-state index is 13.1. The first kappa shape index (κ1) is 27.0. The first-order chi connectivity index (χ1) is 18.9. The minimum atomic E-state index is -4.52. The predicted molar refractivity (Wildman–Crippen MR) is 144 cm³/mol. The molecule has 0 bridgehead atoms. The zero-order valence-corrected chi connectivity index (χ0v) is 22.1. The Morgan fingerprint density at radius 3 is 2.42 bits per heavy atom. The summed E-state index contributed by atoms with van der Waals surface area (Å²) < 4.78 is 65.2. The van der Waals surface area contributed by atoms with Crippen LogP contribution in [-0.4, -0.2) is 57.1 Å². The summed E-state index contributed by atoms with van der Waals surface area (Å²) in [6.45, 7) is 0.555. The highest BCUT2D eigenvalue weighted by Gasteiger charge is 2.28. The summed E-state index contributed by atoms with van der Waals surface area (Å²) in [5.41, 5.74) is 9.32. The van der Waals surface area contributed by atoms with Crippen molar-refractivity contribution in [1.29, 1.82) is 0 Å². The fourth-order valence-electron chi connectivity index (χ4n) is 4.26. The van der Waals surface area contributed by atoms with E-state index in [-0.39, 0.29) is 33.6 Å². The smallest absolute Gasteiger partial charge is 0.368 e. The van der Waals surface area contributed by atoms with Gasteiger partial charge in [-0.2, -0.15) is 23.3 Å². The van der Waals surface area contributed by atoms with Crippen LogP contribution in [0.4, 0.5) is 24.9 Å². The third-order valence-electron chi connectivity index (χ3n) is 6.26. The molecular formula is C26H23F3N8O2S. The molecule has 40 heavy (non-hydrogen) atoms. The lowest BCUT2D eigenvalue weighted by molar-refractivity contribution is -0.115. The average Bonchev–Trinajstić information content (AvgIpc) is 3.45. The third kappa shape index (κ3) is 5.71. The monoisotopic (exact) mass is 568 g/mol. The fraction of sp³-hybridized carbons (Fsp3) is 0.192. The van der Waals surface area contributed by atoms with Crippen molar-refractivity contribution in [2.45, 2.75) is 23.9 Å². The maximum absolute atomic E-state index is 13.1. The number of nitrogens with one attached hydrogen (secondary N) is 1. The number of nitrogen functional groups attached to an aromatic ring is 1. The van der Waals surface area contributed by atoms with Crippen molar-refractivity contribution >= 4 is 32.6 Å². The van der Waals surface area contributed by atoms with Gasteiger partial charge in [0.05, 0.1) is 16.3 Å². The lowest BCUT2D eigenvalue weighted by Crippen LogP contribution is -2.22. The van der Waals surface area contributed by atoms with Crippen LogP contribution in [0, 0.1) is 0 Å². The topological polar surface area (TPSA) is 142 Å². The van der Waals surface area contributed by atoms with Crippen molar-refractivity contribution in [3.05, 3.63) is 78.4 Å². The highest BCUT2D eigenvalue weighted by atomic mass is 32.2. The van der Waals surface area contributed by atoms with Crippen molar-refractivity contribution < 1.29 is 21.6 Å². The van der Waals surface area contributed by atoms with Crippen LogP contribution in [0.2, 0.25) is 0 Å². The van der Waals surface area contributed by atoms with Gasteiger partial charge in [-0.25, -0.2) is 28.1 Å². The van der Waals surface area contributed by atoms with E-state index in [1.54, 1.807) is 29.2 Å². The molecule has 3 aromatic heterocycles. The summed E-state index contributed by atoms with van der Waals surface area (Å²) >= 11 is 0. The van der Waals surface area contributed by atoms with Gasteiger partial charge < -0.3 is 11.1 Å². The van der Waals surface area contributed by atoms with E-state index < -0.39 is 22.6 Å². The number of benzene rings is 2. The molecule has 0 aliphatic heterocycles. The number of hydrogen-bond donors (Lipinski definition) is 2. The van der Waals surface area contributed by atoms with Crippen molar-refractivity contribution in [1.82, 2.24) is 29.7 Å². The van der Waals surface area contributed by atoms with Crippen LogP contribution in [0.15, 0.2) is 72.1 Å². The first-order valence-electron chi connectivity index (χ1n) is 11.9. The molecule has 0 radical (unpaired) electrons. The third-order valence-corrected chi connectivity index (χ3v) is 7.37. The van der Waals surface area contributed by atoms with E-state index >= 15 is 0 Å². The van der Waals surface area contributed by atoms with E-state index in [4.69, 9.17) is 5.73 Å². The van der Waals surface area contributed by atoms with Crippen LogP contribution < -0.4 is 11.1 Å². The van der Waals surface area contributed by atoms with Gasteiger partial charge in [0.1, 0.15) is 30.2 Å². The van der Waals surface area contributed by atoms with Crippen LogP contribution in [0.5, 0.6) is 0 Å². The van der Waals surface area contributed by atoms with Crippen LogP contribution in [0.3, 0.4) is 0 Å². The quantitative estimate of drug-likeness (QED) is 0.292. The Morgan fingerprint density at radius 1 is 1.02 bits per heavy atom. The second kappa shape index (κ2) is 10.2. The molecule has 0 aliphatic rings. The molecule has 0 fully saturated rings. The molecule has 0 unspecified atom stereocenters. The highest BCUT2D eigenvalue weighted by molar-refractivity contribution is 7.90. The van der Waals surface area contributed by atoms with E-state index in [0.717, 1.165) is 17.5 Å².